The van der Waals surface area contributed by atoms with Crippen molar-refractivity contribution in [2.45, 2.75) is 40.2 Å². The Kier molecular flexibility index (Phi) is 3.17. The lowest BCUT2D eigenvalue weighted by atomic mass is 9.88. The second-order valence-corrected chi connectivity index (χ2v) is 4.73. The Labute approximate surface area is 89.9 Å². The fourth-order valence-corrected chi connectivity index (χ4v) is 1.48. The van der Waals surface area contributed by atoms with Crippen molar-refractivity contribution >= 4 is 5.97 Å². The summed E-state index contributed by atoms with van der Waals surface area (Å²) in [5.41, 5.74) is 0.226. The van der Waals surface area contributed by atoms with Gasteiger partial charge in [0.25, 0.3) is 0 Å². The third-order valence-corrected chi connectivity index (χ3v) is 2.44. The Bertz CT molecular complexity index is 353. The van der Waals surface area contributed by atoms with Gasteiger partial charge in [-0.3, -0.25) is 9.48 Å². The van der Waals surface area contributed by atoms with Crippen molar-refractivity contribution in [3.8, 4) is 0 Å². The smallest absolute Gasteiger partial charge is 0.309 e. The van der Waals surface area contributed by atoms with Crippen LogP contribution in [0.1, 0.15) is 39.4 Å². The van der Waals surface area contributed by atoms with Gasteiger partial charge in [0, 0.05) is 24.4 Å². The highest BCUT2D eigenvalue weighted by molar-refractivity contribution is 5.73. The van der Waals surface area contributed by atoms with Gasteiger partial charge in [-0.25, -0.2) is 0 Å². The highest BCUT2D eigenvalue weighted by Gasteiger charge is 2.28. The number of aliphatic carboxylic acids is 1. The molecule has 0 unspecified atom stereocenters. The summed E-state index contributed by atoms with van der Waals surface area (Å²) in [4.78, 5) is 11.0. The summed E-state index contributed by atoms with van der Waals surface area (Å²) in [5.74, 6) is -0.779. The average Bonchev–Trinajstić information content (AvgIpc) is 2.51. The van der Waals surface area contributed by atoms with Crippen molar-refractivity contribution in [1.82, 2.24) is 9.78 Å². The SMILES string of the molecule is CC(C)n1nccc1CC(C)(C)C(=O)O. The topological polar surface area (TPSA) is 55.1 Å². The van der Waals surface area contributed by atoms with E-state index in [2.05, 4.69) is 5.10 Å². The van der Waals surface area contributed by atoms with E-state index in [0.717, 1.165) is 5.69 Å². The fourth-order valence-electron chi connectivity index (χ4n) is 1.48. The maximum atomic E-state index is 11.0. The Morgan fingerprint density at radius 2 is 2.20 bits per heavy atom. The molecule has 0 amide bonds. The number of hydrogen-bond donors (Lipinski definition) is 1. The Morgan fingerprint density at radius 3 is 2.67 bits per heavy atom. The maximum Gasteiger partial charge on any atom is 0.309 e. The molecule has 0 spiro atoms. The third-order valence-electron chi connectivity index (χ3n) is 2.44. The average molecular weight is 210 g/mol. The molecule has 1 rings (SSSR count). The van der Waals surface area contributed by atoms with E-state index < -0.39 is 11.4 Å². The summed E-state index contributed by atoms with van der Waals surface area (Å²) in [6, 6.07) is 2.14. The predicted octanol–water partition coefficient (Wildman–Crippen LogP) is 2.12. The van der Waals surface area contributed by atoms with Gasteiger partial charge in [0.15, 0.2) is 0 Å². The van der Waals surface area contributed by atoms with Crippen LogP contribution >= 0.6 is 0 Å². The van der Waals surface area contributed by atoms with Gasteiger partial charge < -0.3 is 5.11 Å². The zero-order chi connectivity index (χ0) is 11.6. The Hall–Kier alpha value is -1.32. The second-order valence-electron chi connectivity index (χ2n) is 4.73. The molecule has 0 bridgehead atoms. The van der Waals surface area contributed by atoms with Crippen LogP contribution in [0.5, 0.6) is 0 Å². The number of carboxylic acid groups (broad SMARTS) is 1. The number of rotatable bonds is 4. The zero-order valence-corrected chi connectivity index (χ0v) is 9.69. The number of carbonyl (C=O) groups is 1. The van der Waals surface area contributed by atoms with Gasteiger partial charge in [-0.15, -0.1) is 0 Å². The molecule has 0 fully saturated rings. The van der Waals surface area contributed by atoms with E-state index in [1.54, 1.807) is 20.0 Å². The molecule has 1 N–H and O–H groups in total. The van der Waals surface area contributed by atoms with E-state index in [4.69, 9.17) is 5.11 Å². The molecule has 1 aromatic heterocycles. The molecule has 0 aliphatic heterocycles. The zero-order valence-electron chi connectivity index (χ0n) is 9.69. The molecule has 0 saturated heterocycles. The largest absolute Gasteiger partial charge is 0.481 e. The van der Waals surface area contributed by atoms with Crippen LogP contribution in [0, 0.1) is 5.41 Å². The molecule has 84 valence electrons. The summed E-state index contributed by atoms with van der Waals surface area (Å²) in [6.07, 6.45) is 2.22. The predicted molar refractivity (Wildman–Crippen MR) is 57.7 cm³/mol. The Morgan fingerprint density at radius 1 is 1.60 bits per heavy atom. The van der Waals surface area contributed by atoms with Crippen molar-refractivity contribution in [3.63, 3.8) is 0 Å². The third kappa shape index (κ3) is 2.58. The van der Waals surface area contributed by atoms with Crippen molar-refractivity contribution < 1.29 is 9.90 Å². The minimum Gasteiger partial charge on any atom is -0.481 e. The number of nitrogens with zero attached hydrogens (tertiary/aromatic N) is 2. The maximum absolute atomic E-state index is 11.0. The van der Waals surface area contributed by atoms with Crippen LogP contribution in [0.3, 0.4) is 0 Å². The van der Waals surface area contributed by atoms with Gasteiger partial charge in [0.1, 0.15) is 0 Å². The summed E-state index contributed by atoms with van der Waals surface area (Å²) in [7, 11) is 0. The quantitative estimate of drug-likeness (QED) is 0.828. The highest BCUT2D eigenvalue weighted by atomic mass is 16.4. The van der Waals surface area contributed by atoms with E-state index in [-0.39, 0.29) is 6.04 Å². The molecule has 4 nitrogen and oxygen atoms in total. The minimum atomic E-state index is -0.779. The van der Waals surface area contributed by atoms with Crippen molar-refractivity contribution in [3.05, 3.63) is 18.0 Å². The molecule has 1 aromatic rings. The Balaban J connectivity index is 2.90. The van der Waals surface area contributed by atoms with Gasteiger partial charge in [0.05, 0.1) is 5.41 Å². The van der Waals surface area contributed by atoms with Crippen LogP contribution in [0.2, 0.25) is 0 Å². The van der Waals surface area contributed by atoms with Crippen LogP contribution in [0.15, 0.2) is 12.3 Å². The van der Waals surface area contributed by atoms with Gasteiger partial charge >= 0.3 is 5.97 Å². The molecule has 0 aliphatic carbocycles. The van der Waals surface area contributed by atoms with Gasteiger partial charge in [-0.05, 0) is 33.8 Å². The molecule has 0 atom stereocenters. The van der Waals surface area contributed by atoms with Crippen molar-refractivity contribution in [2.75, 3.05) is 0 Å². The molecule has 4 heteroatoms. The van der Waals surface area contributed by atoms with Gasteiger partial charge in [0.2, 0.25) is 0 Å². The highest BCUT2D eigenvalue weighted by Crippen LogP contribution is 2.23. The first-order chi connectivity index (χ1) is 6.84. The molecular weight excluding hydrogens is 192 g/mol. The molecule has 0 radical (unpaired) electrons. The van der Waals surface area contributed by atoms with Crippen LogP contribution < -0.4 is 0 Å². The van der Waals surface area contributed by atoms with E-state index in [1.165, 1.54) is 0 Å². The molecule has 0 saturated carbocycles. The first kappa shape index (κ1) is 11.8. The summed E-state index contributed by atoms with van der Waals surface area (Å²) in [5, 5.41) is 13.2. The van der Waals surface area contributed by atoms with Crippen LogP contribution in [0.25, 0.3) is 0 Å². The van der Waals surface area contributed by atoms with E-state index in [1.807, 2.05) is 24.6 Å². The lowest BCUT2D eigenvalue weighted by molar-refractivity contribution is -0.146. The molecule has 0 aliphatic rings. The fraction of sp³-hybridized carbons (Fsp3) is 0.636. The van der Waals surface area contributed by atoms with Crippen molar-refractivity contribution in [2.24, 2.45) is 5.41 Å². The number of hydrogen-bond acceptors (Lipinski definition) is 2. The van der Waals surface area contributed by atoms with Crippen LogP contribution in [0.4, 0.5) is 0 Å². The van der Waals surface area contributed by atoms with E-state index >= 15 is 0 Å². The molecule has 1 heterocycles. The lowest BCUT2D eigenvalue weighted by Gasteiger charge is -2.20. The number of aromatic nitrogens is 2. The second kappa shape index (κ2) is 4.04. The molecular formula is C11H18N2O2. The monoisotopic (exact) mass is 210 g/mol. The summed E-state index contributed by atoms with van der Waals surface area (Å²) in [6.45, 7) is 7.52. The van der Waals surface area contributed by atoms with Crippen LogP contribution in [-0.2, 0) is 11.2 Å². The van der Waals surface area contributed by atoms with E-state index in [9.17, 15) is 4.79 Å². The van der Waals surface area contributed by atoms with Gasteiger partial charge in [-0.1, -0.05) is 0 Å². The van der Waals surface area contributed by atoms with Crippen molar-refractivity contribution in [1.29, 1.82) is 0 Å². The first-order valence-electron chi connectivity index (χ1n) is 5.10. The molecule has 0 aromatic carbocycles. The standard InChI is InChI=1S/C11H18N2O2/c1-8(2)13-9(5-6-12-13)7-11(3,4)10(14)15/h5-6,8H,7H2,1-4H3,(H,14,15). The normalized spacial score (nSPS) is 12.1. The van der Waals surface area contributed by atoms with Crippen LogP contribution in [-0.4, -0.2) is 20.9 Å². The first-order valence-corrected chi connectivity index (χ1v) is 5.10. The summed E-state index contributed by atoms with van der Waals surface area (Å²) >= 11 is 0. The lowest BCUT2D eigenvalue weighted by Crippen LogP contribution is -2.27. The number of carboxylic acids is 1. The van der Waals surface area contributed by atoms with Gasteiger partial charge in [-0.2, -0.15) is 5.10 Å². The minimum absolute atomic E-state index is 0.264. The summed E-state index contributed by atoms with van der Waals surface area (Å²) < 4.78 is 1.87. The molecule has 15 heavy (non-hydrogen) atoms. The van der Waals surface area contributed by atoms with E-state index in [0.29, 0.717) is 6.42 Å².